The van der Waals surface area contributed by atoms with Crippen molar-refractivity contribution in [3.63, 3.8) is 0 Å². The van der Waals surface area contributed by atoms with Gasteiger partial charge in [-0.15, -0.1) is 0 Å². The topological polar surface area (TPSA) is 312 Å². The fraction of sp³-hybridized carbons (Fsp3) is 0.0714. The van der Waals surface area contributed by atoms with Crippen LogP contribution in [0.15, 0.2) is 97.7 Å². The summed E-state index contributed by atoms with van der Waals surface area (Å²) in [4.78, 5) is 17.8. The van der Waals surface area contributed by atoms with Crippen molar-refractivity contribution < 1.29 is 83.1 Å². The molecule has 0 aromatic heterocycles. The van der Waals surface area contributed by atoms with E-state index in [4.69, 9.17) is 10.5 Å². The van der Waals surface area contributed by atoms with Crippen molar-refractivity contribution in [2.45, 2.75) is 21.6 Å². The summed E-state index contributed by atoms with van der Waals surface area (Å²) in [6.45, 7) is 1.81. The second kappa shape index (κ2) is 17.0. The van der Waals surface area contributed by atoms with Crippen LogP contribution in [0.2, 0.25) is 0 Å². The fourth-order valence-corrected chi connectivity index (χ4v) is 5.89. The molecule has 0 aliphatic heterocycles. The number of anilines is 1. The SMILES string of the molecule is COc1cc(N=Nc2cccc(S(=O)(=O)[O-])c2)c(C)cc1N.O=[N+]([O-])c1ccc(/C=C/c2ccc([N+](=O)[O-])cc2S(=O)(=O)O)c(S(=O)(=O)O)c1.[Na+]. The van der Waals surface area contributed by atoms with Crippen molar-refractivity contribution in [2.75, 3.05) is 12.8 Å². The molecule has 4 aromatic carbocycles. The summed E-state index contributed by atoms with van der Waals surface area (Å²) >= 11 is 0. The van der Waals surface area contributed by atoms with Crippen LogP contribution >= 0.6 is 0 Å². The number of benzene rings is 4. The number of aryl methyl sites for hydroxylation is 1. The number of hydrogen-bond donors (Lipinski definition) is 3. The van der Waals surface area contributed by atoms with Crippen molar-refractivity contribution in [1.29, 1.82) is 0 Å². The Kier molecular flexibility index (Phi) is 14.2. The quantitative estimate of drug-likeness (QED) is 0.0395. The van der Waals surface area contributed by atoms with E-state index in [1.54, 1.807) is 18.2 Å². The molecule has 0 heterocycles. The molecule has 0 aliphatic rings. The first-order valence-corrected chi connectivity index (χ1v) is 17.5. The monoisotopic (exact) mass is 773 g/mol. The van der Waals surface area contributed by atoms with Crippen molar-refractivity contribution in [3.8, 4) is 5.75 Å². The number of ether oxygens (including phenoxy) is 1. The molecule has 19 nitrogen and oxygen atoms in total. The number of azo groups is 1. The first-order chi connectivity index (χ1) is 23.1. The van der Waals surface area contributed by atoms with Crippen LogP contribution < -0.4 is 40.0 Å². The zero-order valence-corrected chi connectivity index (χ0v) is 30.9. The summed E-state index contributed by atoms with van der Waals surface area (Å²) in [5.41, 5.74) is 6.15. The molecule has 0 saturated heterocycles. The van der Waals surface area contributed by atoms with Crippen LogP contribution in [0.4, 0.5) is 28.4 Å². The average molecular weight is 774 g/mol. The third-order valence-electron chi connectivity index (χ3n) is 6.34. The molecule has 0 radical (unpaired) electrons. The van der Waals surface area contributed by atoms with Gasteiger partial charge in [0.25, 0.3) is 31.6 Å². The van der Waals surface area contributed by atoms with E-state index in [0.717, 1.165) is 48.0 Å². The molecule has 4 aromatic rings. The maximum Gasteiger partial charge on any atom is 1.00 e. The summed E-state index contributed by atoms with van der Waals surface area (Å²) in [7, 11) is -12.8. The number of hydrogen-bond acceptors (Lipinski definition) is 15. The van der Waals surface area contributed by atoms with Gasteiger partial charge in [0.2, 0.25) is 0 Å². The molecule has 51 heavy (non-hydrogen) atoms. The number of methoxy groups -OCH3 is 1. The van der Waals surface area contributed by atoms with Crippen LogP contribution in [0, 0.1) is 27.2 Å². The zero-order chi connectivity index (χ0) is 37.6. The summed E-state index contributed by atoms with van der Waals surface area (Å²) in [6.07, 6.45) is 2.01. The van der Waals surface area contributed by atoms with Gasteiger partial charge in [-0.25, -0.2) is 8.42 Å². The fourth-order valence-electron chi connectivity index (χ4n) is 3.97. The number of nitro benzene ring substituents is 2. The van der Waals surface area contributed by atoms with Gasteiger partial charge >= 0.3 is 29.6 Å². The Labute approximate surface area is 312 Å². The minimum Gasteiger partial charge on any atom is -0.744 e. The van der Waals surface area contributed by atoms with Crippen molar-refractivity contribution in [1.82, 2.24) is 0 Å². The first kappa shape index (κ1) is 42.5. The number of non-ortho nitro benzene ring substituents is 2. The average Bonchev–Trinajstić information content (AvgIpc) is 3.02. The maximum absolute atomic E-state index is 11.5. The van der Waals surface area contributed by atoms with Crippen LogP contribution in [0.25, 0.3) is 12.2 Å². The van der Waals surface area contributed by atoms with E-state index in [0.29, 0.717) is 29.3 Å². The van der Waals surface area contributed by atoms with Gasteiger partial charge in [-0.05, 0) is 60.0 Å². The predicted octanol–water partition coefficient (Wildman–Crippen LogP) is 2.08. The van der Waals surface area contributed by atoms with E-state index < -0.39 is 61.4 Å². The van der Waals surface area contributed by atoms with Gasteiger partial charge in [-0.1, -0.05) is 18.2 Å². The van der Waals surface area contributed by atoms with Crippen LogP contribution in [-0.4, -0.2) is 55.9 Å². The van der Waals surface area contributed by atoms with E-state index in [9.17, 15) is 59.1 Å². The van der Waals surface area contributed by atoms with E-state index in [-0.39, 0.29) is 51.3 Å². The molecule has 4 rings (SSSR count). The molecule has 0 aliphatic carbocycles. The molecule has 0 spiro atoms. The smallest absolute Gasteiger partial charge is 0.744 e. The number of nitrogens with two attached hydrogens (primary N) is 1. The van der Waals surface area contributed by atoms with E-state index in [1.165, 1.54) is 19.2 Å². The normalized spacial score (nSPS) is 11.8. The van der Waals surface area contributed by atoms with Gasteiger partial charge in [0.15, 0.2) is 0 Å². The molecule has 4 N–H and O–H groups in total. The van der Waals surface area contributed by atoms with Gasteiger partial charge in [0.1, 0.15) is 25.7 Å². The Balaban J connectivity index is 0.000000356. The zero-order valence-electron chi connectivity index (χ0n) is 26.5. The number of rotatable bonds is 10. The first-order valence-electron chi connectivity index (χ1n) is 13.2. The Morgan fingerprint density at radius 3 is 1.67 bits per heavy atom. The van der Waals surface area contributed by atoms with Crippen molar-refractivity contribution in [3.05, 3.63) is 110 Å². The molecule has 0 unspecified atom stereocenters. The second-order valence-electron chi connectivity index (χ2n) is 9.77. The van der Waals surface area contributed by atoms with Crippen LogP contribution in [0.3, 0.4) is 0 Å². The third-order valence-corrected chi connectivity index (χ3v) is 8.99. The molecular weight excluding hydrogens is 750 g/mol. The second-order valence-corrected chi connectivity index (χ2v) is 13.9. The summed E-state index contributed by atoms with van der Waals surface area (Å²) in [5.74, 6) is 0.468. The van der Waals surface area contributed by atoms with Crippen molar-refractivity contribution >= 4 is 70.9 Å². The van der Waals surface area contributed by atoms with Crippen LogP contribution in [0.5, 0.6) is 5.75 Å². The van der Waals surface area contributed by atoms with Gasteiger partial charge in [-0.3, -0.25) is 29.3 Å². The number of nitro groups is 2. The number of nitrogens with zero attached hydrogens (tertiary/aromatic N) is 4. The van der Waals surface area contributed by atoms with Crippen molar-refractivity contribution in [2.24, 2.45) is 10.2 Å². The van der Waals surface area contributed by atoms with E-state index in [2.05, 4.69) is 10.2 Å². The standard InChI is InChI=1S/C14H15N3O4S.C14H10N2O10S2.Na/c1-9-6-12(15)14(21-2)8-13(9)17-16-10-4-3-5-11(7-10)22(18,19)20;17-15(18)11-5-3-9(13(7-11)27(21,22)23)1-2-10-4-6-12(16(19)20)8-14(10)28(24,25)26;/h3-8H,15H2,1-2H3,(H,18,19,20);1-8H,(H,21,22,23)(H,24,25,26);/q;;+1/p-1/b;2-1+;. The molecule has 23 heteroatoms. The van der Waals surface area contributed by atoms with Crippen LogP contribution in [-0.2, 0) is 30.4 Å². The van der Waals surface area contributed by atoms with E-state index in [1.807, 2.05) is 6.92 Å². The minimum atomic E-state index is -4.86. The summed E-state index contributed by atoms with van der Waals surface area (Å²) < 4.78 is 102. The van der Waals surface area contributed by atoms with Crippen LogP contribution in [0.1, 0.15) is 16.7 Å². The third kappa shape index (κ3) is 11.7. The summed E-state index contributed by atoms with van der Waals surface area (Å²) in [5, 5.41) is 29.5. The Morgan fingerprint density at radius 1 is 0.765 bits per heavy atom. The van der Waals surface area contributed by atoms with Gasteiger partial charge in [0.05, 0.1) is 38.9 Å². The minimum absolute atomic E-state index is 0. The molecule has 264 valence electrons. The maximum atomic E-state index is 11.5. The molecule has 0 atom stereocenters. The summed E-state index contributed by atoms with van der Waals surface area (Å²) in [6, 6.07) is 13.8. The Bertz CT molecular complexity index is 2290. The molecule has 0 fully saturated rings. The molecular formula is C28H24N5NaO14S3. The molecule has 0 amide bonds. The largest absolute Gasteiger partial charge is 1.00 e. The molecule has 0 bridgehead atoms. The van der Waals surface area contributed by atoms with Gasteiger partial charge in [-0.2, -0.15) is 27.1 Å². The van der Waals surface area contributed by atoms with Gasteiger partial charge < -0.3 is 15.0 Å². The van der Waals surface area contributed by atoms with Gasteiger partial charge in [0, 0.05) is 30.3 Å². The predicted molar refractivity (Wildman–Crippen MR) is 175 cm³/mol. The Hall–Kier alpha value is -4.65. The Morgan fingerprint density at radius 2 is 1.25 bits per heavy atom. The van der Waals surface area contributed by atoms with E-state index >= 15 is 0 Å². The molecule has 0 saturated carbocycles. The number of nitrogen functional groups attached to an aromatic ring is 1.